The number of para-hydroxylation sites is 1. The van der Waals surface area contributed by atoms with Crippen molar-refractivity contribution in [2.45, 2.75) is 32.7 Å². The predicted molar refractivity (Wildman–Crippen MR) is 113 cm³/mol. The van der Waals surface area contributed by atoms with Gasteiger partial charge in [0.2, 0.25) is 0 Å². The molecule has 0 aliphatic carbocycles. The van der Waals surface area contributed by atoms with E-state index in [1.54, 1.807) is 0 Å². The number of fused-ring (bicyclic) bond motifs is 1. The number of thiophene rings is 1. The molecule has 1 saturated heterocycles. The van der Waals surface area contributed by atoms with Crippen molar-refractivity contribution < 1.29 is 9.32 Å². The van der Waals surface area contributed by atoms with E-state index in [1.165, 1.54) is 11.3 Å². The summed E-state index contributed by atoms with van der Waals surface area (Å²) in [5, 5.41) is 10.2. The first kappa shape index (κ1) is 18.4. The van der Waals surface area contributed by atoms with Crippen LogP contribution in [0.15, 0.2) is 40.9 Å². The molecular formula is C21H19ClN4O2S. The highest BCUT2D eigenvalue weighted by Crippen LogP contribution is 2.37. The number of hydrogen-bond acceptors (Lipinski definition) is 5. The van der Waals surface area contributed by atoms with Crippen molar-refractivity contribution in [1.82, 2.24) is 19.8 Å². The maximum absolute atomic E-state index is 13.3. The Balaban J connectivity index is 1.53. The van der Waals surface area contributed by atoms with Gasteiger partial charge < -0.3 is 9.42 Å². The quantitative estimate of drug-likeness (QED) is 0.444. The first-order valence-electron chi connectivity index (χ1n) is 9.51. The predicted octanol–water partition coefficient (Wildman–Crippen LogP) is 5.32. The molecule has 0 N–H and O–H groups in total. The van der Waals surface area contributed by atoms with Gasteiger partial charge in [-0.1, -0.05) is 28.9 Å². The van der Waals surface area contributed by atoms with Gasteiger partial charge in [0.1, 0.15) is 4.83 Å². The molecule has 1 aromatic carbocycles. The number of nitrogens with zero attached hydrogens (tertiary/aromatic N) is 4. The molecule has 1 fully saturated rings. The van der Waals surface area contributed by atoms with E-state index < -0.39 is 0 Å². The lowest BCUT2D eigenvalue weighted by Crippen LogP contribution is -2.29. The van der Waals surface area contributed by atoms with Crippen LogP contribution < -0.4 is 0 Å². The van der Waals surface area contributed by atoms with Crippen LogP contribution in [0.4, 0.5) is 0 Å². The van der Waals surface area contributed by atoms with Crippen LogP contribution >= 0.6 is 22.9 Å². The van der Waals surface area contributed by atoms with Crippen LogP contribution in [0.2, 0.25) is 5.02 Å². The van der Waals surface area contributed by atoms with Crippen LogP contribution in [0.5, 0.6) is 0 Å². The molecule has 148 valence electrons. The maximum atomic E-state index is 13.3. The molecule has 6 nitrogen and oxygen atoms in total. The van der Waals surface area contributed by atoms with Crippen LogP contribution in [0.25, 0.3) is 15.9 Å². The minimum absolute atomic E-state index is 0.0212. The number of likely N-dealkylation sites (tertiary alicyclic amines) is 1. The maximum Gasteiger partial charge on any atom is 0.264 e. The van der Waals surface area contributed by atoms with E-state index in [2.05, 4.69) is 10.3 Å². The minimum atomic E-state index is -0.0601. The number of aryl methyl sites for hydroxylation is 2. The lowest BCUT2D eigenvalue weighted by molar-refractivity contribution is 0.0719. The molecule has 1 aliphatic rings. The average molecular weight is 427 g/mol. The van der Waals surface area contributed by atoms with Crippen molar-refractivity contribution in [2.75, 3.05) is 6.54 Å². The fourth-order valence-electron chi connectivity index (χ4n) is 3.93. The second-order valence-corrected chi connectivity index (χ2v) is 8.74. The molecule has 5 rings (SSSR count). The van der Waals surface area contributed by atoms with Crippen LogP contribution in [-0.4, -0.2) is 32.3 Å². The standard InChI is InChI=1S/C21H19ClN4O2S/c1-12-10-18(28-24-12)17-8-5-9-25(17)20(27)19-11-14-13(2)23-26(21(14)29-19)16-7-4-3-6-15(16)22/h3-4,6-7,10-11,17H,5,8-9H2,1-2H3. The summed E-state index contributed by atoms with van der Waals surface area (Å²) in [5.41, 5.74) is 2.51. The van der Waals surface area contributed by atoms with E-state index in [0.29, 0.717) is 16.4 Å². The normalized spacial score (nSPS) is 16.8. The molecular weight excluding hydrogens is 408 g/mol. The van der Waals surface area contributed by atoms with Crippen molar-refractivity contribution in [3.8, 4) is 5.69 Å². The summed E-state index contributed by atoms with van der Waals surface area (Å²) >= 11 is 7.83. The highest BCUT2D eigenvalue weighted by molar-refractivity contribution is 7.20. The number of aromatic nitrogens is 3. The van der Waals surface area contributed by atoms with Gasteiger partial charge in [-0.2, -0.15) is 5.10 Å². The molecule has 0 radical (unpaired) electrons. The summed E-state index contributed by atoms with van der Waals surface area (Å²) in [6.45, 7) is 4.56. The largest absolute Gasteiger partial charge is 0.359 e. The molecule has 1 aliphatic heterocycles. The Kier molecular flexibility index (Phi) is 4.44. The molecule has 1 unspecified atom stereocenters. The Morgan fingerprint density at radius 2 is 2.10 bits per heavy atom. The number of carbonyl (C=O) groups is 1. The minimum Gasteiger partial charge on any atom is -0.359 e. The Bertz CT molecular complexity index is 1220. The monoisotopic (exact) mass is 426 g/mol. The Hall–Kier alpha value is -2.64. The van der Waals surface area contributed by atoms with Gasteiger partial charge in [0.15, 0.2) is 5.76 Å². The summed E-state index contributed by atoms with van der Waals surface area (Å²) < 4.78 is 7.28. The van der Waals surface area contributed by atoms with Gasteiger partial charge in [0.25, 0.3) is 5.91 Å². The van der Waals surface area contributed by atoms with Gasteiger partial charge in [0.05, 0.1) is 33.0 Å². The van der Waals surface area contributed by atoms with Gasteiger partial charge in [0, 0.05) is 18.0 Å². The second kappa shape index (κ2) is 7.00. The van der Waals surface area contributed by atoms with Crippen molar-refractivity contribution in [1.29, 1.82) is 0 Å². The number of amides is 1. The van der Waals surface area contributed by atoms with E-state index >= 15 is 0 Å². The third-order valence-electron chi connectivity index (χ3n) is 5.32. The summed E-state index contributed by atoms with van der Waals surface area (Å²) in [5.74, 6) is 0.778. The molecule has 3 aromatic heterocycles. The summed E-state index contributed by atoms with van der Waals surface area (Å²) in [6, 6.07) is 11.4. The first-order valence-corrected chi connectivity index (χ1v) is 10.7. The third-order valence-corrected chi connectivity index (χ3v) is 6.74. The Morgan fingerprint density at radius 1 is 1.28 bits per heavy atom. The molecule has 29 heavy (non-hydrogen) atoms. The molecule has 0 bridgehead atoms. The van der Waals surface area contributed by atoms with Crippen molar-refractivity contribution >= 4 is 39.1 Å². The zero-order chi connectivity index (χ0) is 20.1. The van der Waals surface area contributed by atoms with Gasteiger partial charge in [-0.3, -0.25) is 4.79 Å². The van der Waals surface area contributed by atoms with E-state index in [4.69, 9.17) is 16.1 Å². The van der Waals surface area contributed by atoms with Gasteiger partial charge >= 0.3 is 0 Å². The molecule has 1 atom stereocenters. The summed E-state index contributed by atoms with van der Waals surface area (Å²) in [6.07, 6.45) is 1.84. The number of halogens is 1. The van der Waals surface area contributed by atoms with Crippen molar-refractivity contribution in [3.05, 3.63) is 63.4 Å². The smallest absolute Gasteiger partial charge is 0.264 e. The fraction of sp³-hybridized carbons (Fsp3) is 0.286. The van der Waals surface area contributed by atoms with E-state index in [-0.39, 0.29) is 11.9 Å². The van der Waals surface area contributed by atoms with E-state index in [1.807, 2.05) is 59.8 Å². The lowest BCUT2D eigenvalue weighted by atomic mass is 10.1. The van der Waals surface area contributed by atoms with Crippen LogP contribution in [0.3, 0.4) is 0 Å². The Morgan fingerprint density at radius 3 is 2.86 bits per heavy atom. The lowest BCUT2D eigenvalue weighted by Gasteiger charge is -2.21. The molecule has 4 aromatic rings. The second-order valence-electron chi connectivity index (χ2n) is 7.31. The number of rotatable bonds is 3. The average Bonchev–Trinajstić information content (AvgIpc) is 3.47. The number of carbonyl (C=O) groups excluding carboxylic acids is 1. The highest BCUT2D eigenvalue weighted by atomic mass is 35.5. The molecule has 0 saturated carbocycles. The van der Waals surface area contributed by atoms with E-state index in [0.717, 1.165) is 45.9 Å². The van der Waals surface area contributed by atoms with Crippen LogP contribution in [0, 0.1) is 13.8 Å². The zero-order valence-corrected chi connectivity index (χ0v) is 17.6. The van der Waals surface area contributed by atoms with Gasteiger partial charge in [-0.05, 0) is 44.9 Å². The van der Waals surface area contributed by atoms with Crippen molar-refractivity contribution in [3.63, 3.8) is 0 Å². The van der Waals surface area contributed by atoms with Crippen LogP contribution in [-0.2, 0) is 0 Å². The van der Waals surface area contributed by atoms with Crippen molar-refractivity contribution in [2.24, 2.45) is 0 Å². The number of benzene rings is 1. The van der Waals surface area contributed by atoms with Crippen LogP contribution in [0.1, 0.15) is 45.7 Å². The zero-order valence-electron chi connectivity index (χ0n) is 16.1. The third kappa shape index (κ3) is 3.05. The number of hydrogen-bond donors (Lipinski definition) is 0. The first-order chi connectivity index (χ1) is 14.0. The topological polar surface area (TPSA) is 64.2 Å². The molecule has 8 heteroatoms. The molecule has 4 heterocycles. The summed E-state index contributed by atoms with van der Waals surface area (Å²) in [7, 11) is 0. The SMILES string of the molecule is Cc1cc(C2CCCN2C(=O)c2cc3c(C)nn(-c4ccccc4Cl)c3s2)on1. The van der Waals surface area contributed by atoms with Gasteiger partial charge in [-0.15, -0.1) is 11.3 Å². The Labute approximate surface area is 176 Å². The molecule has 1 amide bonds. The summed E-state index contributed by atoms with van der Waals surface area (Å²) in [4.78, 5) is 16.9. The van der Waals surface area contributed by atoms with Gasteiger partial charge in [-0.25, -0.2) is 4.68 Å². The molecule has 0 spiro atoms. The van der Waals surface area contributed by atoms with E-state index in [9.17, 15) is 4.79 Å². The fourth-order valence-corrected chi connectivity index (χ4v) is 5.27. The highest BCUT2D eigenvalue weighted by Gasteiger charge is 2.34.